The number of piperidine rings is 1. The van der Waals surface area contributed by atoms with Crippen molar-refractivity contribution < 1.29 is 9.90 Å². The van der Waals surface area contributed by atoms with Crippen molar-refractivity contribution in [2.45, 2.75) is 44.3 Å². The normalized spacial score (nSPS) is 22.2. The summed E-state index contributed by atoms with van der Waals surface area (Å²) in [6.45, 7) is 4.86. The maximum Gasteiger partial charge on any atom is 0.240 e. The zero-order valence-electron chi connectivity index (χ0n) is 18.9. The second-order valence-corrected chi connectivity index (χ2v) is 9.74. The summed E-state index contributed by atoms with van der Waals surface area (Å²) in [6, 6.07) is 13.4. The molecule has 178 valence electrons. The number of hydrogen-bond donors (Lipinski definition) is 3. The molecule has 2 aromatic rings. The molecule has 0 bridgehead atoms. The molecule has 0 radical (unpaired) electrons. The topological polar surface area (TPSA) is 67.8 Å². The number of anilines is 2. The number of amides is 1. The van der Waals surface area contributed by atoms with Crippen LogP contribution >= 0.6 is 23.2 Å². The number of piperazine rings is 1. The summed E-state index contributed by atoms with van der Waals surface area (Å²) in [5.74, 6) is 0.123. The van der Waals surface area contributed by atoms with Gasteiger partial charge >= 0.3 is 0 Å². The number of hydrogen-bond acceptors (Lipinski definition) is 5. The van der Waals surface area contributed by atoms with Crippen LogP contribution in [-0.4, -0.2) is 60.8 Å². The molecule has 2 aliphatic heterocycles. The van der Waals surface area contributed by atoms with Crippen LogP contribution in [0.3, 0.4) is 0 Å². The van der Waals surface area contributed by atoms with Crippen LogP contribution < -0.4 is 15.5 Å². The standard InChI is InChI=1S/C25H32Cl2N4O2/c1-17(22-9-8-18(26)13-23(22)27)29-19-5-4-6-20(14-19)30-11-12-31(21(15-30)16-32)25(33)24-7-2-3-10-28-24/h4-6,8-9,13-14,17,21,24,28-29,32H,2-3,7,10-12,15-16H2,1H3/t17?,21-,24?/m0/s1. The van der Waals surface area contributed by atoms with Crippen LogP contribution in [0.25, 0.3) is 0 Å². The monoisotopic (exact) mass is 490 g/mol. The van der Waals surface area contributed by atoms with Crippen LogP contribution in [0.2, 0.25) is 10.0 Å². The van der Waals surface area contributed by atoms with Gasteiger partial charge in [0.2, 0.25) is 5.91 Å². The summed E-state index contributed by atoms with van der Waals surface area (Å²) in [5, 5.41) is 18.2. The summed E-state index contributed by atoms with van der Waals surface area (Å²) >= 11 is 12.4. The van der Waals surface area contributed by atoms with Gasteiger partial charge in [0.25, 0.3) is 0 Å². The van der Waals surface area contributed by atoms with E-state index >= 15 is 0 Å². The van der Waals surface area contributed by atoms with Gasteiger partial charge < -0.3 is 25.5 Å². The second-order valence-electron chi connectivity index (χ2n) is 8.90. The Hall–Kier alpha value is -1.99. The number of benzene rings is 2. The summed E-state index contributed by atoms with van der Waals surface area (Å²) < 4.78 is 0. The van der Waals surface area contributed by atoms with E-state index < -0.39 is 0 Å². The minimum absolute atomic E-state index is 0.00710. The number of nitrogens with zero attached hydrogens (tertiary/aromatic N) is 2. The highest BCUT2D eigenvalue weighted by molar-refractivity contribution is 6.35. The van der Waals surface area contributed by atoms with E-state index in [1.807, 2.05) is 29.2 Å². The van der Waals surface area contributed by atoms with Gasteiger partial charge in [-0.1, -0.05) is 41.8 Å². The van der Waals surface area contributed by atoms with E-state index in [1.54, 1.807) is 6.07 Å². The minimum atomic E-state index is -0.210. The summed E-state index contributed by atoms with van der Waals surface area (Å²) in [4.78, 5) is 17.1. The van der Waals surface area contributed by atoms with Gasteiger partial charge in [0.1, 0.15) is 0 Å². The predicted octanol–water partition coefficient (Wildman–Crippen LogP) is 4.32. The summed E-state index contributed by atoms with van der Waals surface area (Å²) in [5.41, 5.74) is 3.03. The third-order valence-electron chi connectivity index (χ3n) is 6.61. The Labute approximate surface area is 205 Å². The molecule has 33 heavy (non-hydrogen) atoms. The molecule has 8 heteroatoms. The highest BCUT2D eigenvalue weighted by Gasteiger charge is 2.34. The van der Waals surface area contributed by atoms with Crippen LogP contribution in [0, 0.1) is 0 Å². The number of nitrogens with one attached hydrogen (secondary N) is 2. The van der Waals surface area contributed by atoms with E-state index in [9.17, 15) is 9.90 Å². The van der Waals surface area contributed by atoms with E-state index in [0.29, 0.717) is 23.1 Å². The first-order valence-corrected chi connectivity index (χ1v) is 12.4. The van der Waals surface area contributed by atoms with Gasteiger partial charge in [-0.05, 0) is 62.2 Å². The minimum Gasteiger partial charge on any atom is -0.394 e. The Bertz CT molecular complexity index is 967. The zero-order valence-corrected chi connectivity index (χ0v) is 20.4. The molecule has 2 saturated heterocycles. The molecule has 0 spiro atoms. The maximum atomic E-state index is 13.0. The number of carbonyl (C=O) groups is 1. The van der Waals surface area contributed by atoms with Gasteiger partial charge in [-0.2, -0.15) is 0 Å². The van der Waals surface area contributed by atoms with Crippen LogP contribution in [0.5, 0.6) is 0 Å². The molecular formula is C25H32Cl2N4O2. The van der Waals surface area contributed by atoms with Crippen LogP contribution in [0.4, 0.5) is 11.4 Å². The van der Waals surface area contributed by atoms with E-state index in [2.05, 4.69) is 34.6 Å². The van der Waals surface area contributed by atoms with Crippen molar-refractivity contribution in [1.82, 2.24) is 10.2 Å². The first-order valence-electron chi connectivity index (χ1n) is 11.7. The van der Waals surface area contributed by atoms with E-state index in [1.165, 1.54) is 0 Å². The van der Waals surface area contributed by atoms with Crippen molar-refractivity contribution in [2.75, 3.05) is 43.0 Å². The third kappa shape index (κ3) is 5.75. The average molecular weight is 491 g/mol. The molecule has 0 saturated carbocycles. The fourth-order valence-corrected chi connectivity index (χ4v) is 5.34. The molecule has 2 aromatic carbocycles. The van der Waals surface area contributed by atoms with Gasteiger partial charge in [0, 0.05) is 47.1 Å². The Morgan fingerprint density at radius 2 is 2.06 bits per heavy atom. The molecule has 2 heterocycles. The maximum absolute atomic E-state index is 13.0. The lowest BCUT2D eigenvalue weighted by atomic mass is 10.0. The molecule has 2 fully saturated rings. The highest BCUT2D eigenvalue weighted by Crippen LogP contribution is 2.30. The van der Waals surface area contributed by atoms with Crippen molar-refractivity contribution in [3.05, 3.63) is 58.1 Å². The molecule has 3 atom stereocenters. The fraction of sp³-hybridized carbons (Fsp3) is 0.480. The third-order valence-corrected chi connectivity index (χ3v) is 7.17. The molecule has 2 aliphatic rings. The molecule has 1 amide bonds. The van der Waals surface area contributed by atoms with Crippen molar-refractivity contribution in [3.63, 3.8) is 0 Å². The molecule has 3 N–H and O–H groups in total. The summed E-state index contributed by atoms with van der Waals surface area (Å²) in [7, 11) is 0. The number of aliphatic hydroxyl groups excluding tert-OH is 1. The first-order chi connectivity index (χ1) is 16.0. The van der Waals surface area contributed by atoms with Crippen LogP contribution in [0.15, 0.2) is 42.5 Å². The van der Waals surface area contributed by atoms with Gasteiger partial charge in [-0.25, -0.2) is 0 Å². The number of aliphatic hydroxyl groups is 1. The number of rotatable bonds is 6. The van der Waals surface area contributed by atoms with Gasteiger partial charge in [0.05, 0.1) is 18.7 Å². The average Bonchev–Trinajstić information content (AvgIpc) is 2.83. The van der Waals surface area contributed by atoms with Crippen LogP contribution in [0.1, 0.15) is 37.8 Å². The second kappa shape index (κ2) is 11.0. The van der Waals surface area contributed by atoms with Crippen molar-refractivity contribution in [3.8, 4) is 0 Å². The predicted molar refractivity (Wildman–Crippen MR) is 135 cm³/mol. The van der Waals surface area contributed by atoms with Crippen molar-refractivity contribution >= 4 is 40.5 Å². The largest absolute Gasteiger partial charge is 0.394 e. The van der Waals surface area contributed by atoms with E-state index in [-0.39, 0.29) is 30.6 Å². The van der Waals surface area contributed by atoms with Gasteiger partial charge in [-0.3, -0.25) is 4.79 Å². The molecule has 0 aliphatic carbocycles. The zero-order chi connectivity index (χ0) is 23.4. The Balaban J connectivity index is 1.42. The lowest BCUT2D eigenvalue weighted by Gasteiger charge is -2.43. The van der Waals surface area contributed by atoms with Crippen molar-refractivity contribution in [1.29, 1.82) is 0 Å². The number of carbonyl (C=O) groups excluding carboxylic acids is 1. The Morgan fingerprint density at radius 3 is 2.79 bits per heavy atom. The lowest BCUT2D eigenvalue weighted by Crippen LogP contribution is -2.60. The number of halogens is 2. The van der Waals surface area contributed by atoms with Gasteiger partial charge in [0.15, 0.2) is 0 Å². The molecule has 6 nitrogen and oxygen atoms in total. The van der Waals surface area contributed by atoms with Crippen LogP contribution in [-0.2, 0) is 4.79 Å². The lowest BCUT2D eigenvalue weighted by molar-refractivity contribution is -0.137. The Kier molecular flexibility index (Phi) is 8.02. The van der Waals surface area contributed by atoms with E-state index in [0.717, 1.165) is 49.3 Å². The van der Waals surface area contributed by atoms with Gasteiger partial charge in [-0.15, -0.1) is 0 Å². The molecular weight excluding hydrogens is 459 g/mol. The highest BCUT2D eigenvalue weighted by atomic mass is 35.5. The molecule has 2 unspecified atom stereocenters. The molecule has 4 rings (SSSR count). The summed E-state index contributed by atoms with van der Waals surface area (Å²) in [6.07, 6.45) is 3.07. The SMILES string of the molecule is CC(Nc1cccc(N2CCN(C(=O)C3CCCCN3)[C@H](CO)C2)c1)c1ccc(Cl)cc1Cl. The smallest absolute Gasteiger partial charge is 0.240 e. The van der Waals surface area contributed by atoms with E-state index in [4.69, 9.17) is 23.2 Å². The fourth-order valence-electron chi connectivity index (χ4n) is 4.77. The first kappa shape index (κ1) is 24.1. The quantitative estimate of drug-likeness (QED) is 0.562. The Morgan fingerprint density at radius 1 is 1.21 bits per heavy atom. The van der Waals surface area contributed by atoms with Crippen molar-refractivity contribution in [2.24, 2.45) is 0 Å². The molecule has 0 aromatic heterocycles.